The third kappa shape index (κ3) is 5.12. The van der Waals surface area contributed by atoms with E-state index in [2.05, 4.69) is 25.4 Å². The fraction of sp³-hybridized carbons (Fsp3) is 0.231. The minimum Gasteiger partial charge on any atom is -0.353 e. The van der Waals surface area contributed by atoms with Crippen molar-refractivity contribution in [2.45, 2.75) is 12.0 Å². The van der Waals surface area contributed by atoms with Crippen molar-refractivity contribution in [3.05, 3.63) is 89.6 Å². The van der Waals surface area contributed by atoms with Crippen molar-refractivity contribution in [1.29, 1.82) is 0 Å². The molecule has 2 N–H and O–H groups in total. The van der Waals surface area contributed by atoms with Gasteiger partial charge in [-0.3, -0.25) is 14.9 Å². The largest absolute Gasteiger partial charge is 0.353 e. The molecule has 2 aliphatic heterocycles. The monoisotopic (exact) mass is 488 g/mol. The summed E-state index contributed by atoms with van der Waals surface area (Å²) in [5.74, 6) is 0.0847. The van der Waals surface area contributed by atoms with Gasteiger partial charge in [-0.2, -0.15) is 0 Å². The summed E-state index contributed by atoms with van der Waals surface area (Å²) >= 11 is 5.97. The predicted molar refractivity (Wildman–Crippen MR) is 137 cm³/mol. The molecular weight excluding hydrogens is 464 g/mol. The van der Waals surface area contributed by atoms with Crippen molar-refractivity contribution in [1.82, 2.24) is 15.2 Å². The van der Waals surface area contributed by atoms with Crippen molar-refractivity contribution in [3.8, 4) is 0 Å². The molecule has 0 spiro atoms. The first kappa shape index (κ1) is 22.9. The van der Waals surface area contributed by atoms with Gasteiger partial charge in [-0.15, -0.1) is 0 Å². The molecule has 0 saturated carbocycles. The molecule has 2 amide bonds. The molecule has 0 unspecified atom stereocenters. The van der Waals surface area contributed by atoms with E-state index < -0.39 is 12.0 Å². The molecule has 2 atom stereocenters. The van der Waals surface area contributed by atoms with Crippen LogP contribution in [0.15, 0.2) is 84.0 Å². The zero-order chi connectivity index (χ0) is 24.2. The van der Waals surface area contributed by atoms with E-state index in [0.717, 1.165) is 24.5 Å². The van der Waals surface area contributed by atoms with E-state index in [4.69, 9.17) is 16.6 Å². The highest BCUT2D eigenvalue weighted by molar-refractivity contribution is 6.30. The Bertz CT molecular complexity index is 1210. The molecule has 0 aliphatic carbocycles. The van der Waals surface area contributed by atoms with E-state index in [0.29, 0.717) is 29.8 Å². The topological polar surface area (TPSA) is 89.9 Å². The maximum atomic E-state index is 13.4. The van der Waals surface area contributed by atoms with Crippen molar-refractivity contribution in [3.63, 3.8) is 0 Å². The second-order valence-electron chi connectivity index (χ2n) is 8.43. The SMILES string of the molecule is O=C1NC(N2CCN(c3ccccn3)CC2)=N[C@@H]1[C@@H](C(=O)Nc1ccc(Cl)cc1)c1ccccc1. The molecular formula is C26H25ClN6O2. The van der Waals surface area contributed by atoms with Gasteiger partial charge in [0.2, 0.25) is 11.9 Å². The quantitative estimate of drug-likeness (QED) is 0.576. The first-order valence-corrected chi connectivity index (χ1v) is 11.9. The number of pyridine rings is 1. The summed E-state index contributed by atoms with van der Waals surface area (Å²) in [7, 11) is 0. The Morgan fingerprint density at radius 1 is 0.943 bits per heavy atom. The highest BCUT2D eigenvalue weighted by Crippen LogP contribution is 2.27. The van der Waals surface area contributed by atoms with Crippen molar-refractivity contribution >= 4 is 40.9 Å². The molecule has 3 heterocycles. The number of anilines is 2. The van der Waals surface area contributed by atoms with E-state index in [1.165, 1.54) is 0 Å². The van der Waals surface area contributed by atoms with Gasteiger partial charge in [-0.1, -0.05) is 48.0 Å². The number of hydrogen-bond donors (Lipinski definition) is 2. The fourth-order valence-electron chi connectivity index (χ4n) is 4.37. The molecule has 2 aromatic carbocycles. The molecule has 1 saturated heterocycles. The lowest BCUT2D eigenvalue weighted by molar-refractivity contribution is -0.125. The number of carbonyl (C=O) groups excluding carboxylic acids is 2. The number of amides is 2. The highest BCUT2D eigenvalue weighted by Gasteiger charge is 2.40. The second-order valence-corrected chi connectivity index (χ2v) is 8.87. The summed E-state index contributed by atoms with van der Waals surface area (Å²) < 4.78 is 0. The second kappa shape index (κ2) is 10.1. The predicted octanol–water partition coefficient (Wildman–Crippen LogP) is 3.13. The van der Waals surface area contributed by atoms with Crippen LogP contribution in [0.2, 0.25) is 5.02 Å². The molecule has 178 valence electrons. The van der Waals surface area contributed by atoms with Crippen LogP contribution in [-0.4, -0.2) is 59.9 Å². The molecule has 1 fully saturated rings. The Hall–Kier alpha value is -3.91. The standard InChI is InChI=1S/C26H25ClN6O2/c27-19-9-11-20(12-10-19)29-24(34)22(18-6-2-1-3-7-18)23-25(35)31-26(30-23)33-16-14-32(15-17-33)21-8-4-5-13-28-21/h1-13,22-23H,14-17H2,(H,29,34)(H,30,31,35)/t22-,23+/m0/s1. The lowest BCUT2D eigenvalue weighted by Crippen LogP contribution is -2.52. The van der Waals surface area contributed by atoms with Gasteiger partial charge in [0.15, 0.2) is 0 Å². The van der Waals surface area contributed by atoms with Crippen LogP contribution in [-0.2, 0) is 9.59 Å². The summed E-state index contributed by atoms with van der Waals surface area (Å²) in [5.41, 5.74) is 1.33. The van der Waals surface area contributed by atoms with Gasteiger partial charge >= 0.3 is 0 Å². The van der Waals surface area contributed by atoms with Gasteiger partial charge in [-0.25, -0.2) is 9.98 Å². The minimum absolute atomic E-state index is 0.285. The van der Waals surface area contributed by atoms with Crippen LogP contribution in [0.5, 0.6) is 0 Å². The Balaban J connectivity index is 1.34. The molecule has 35 heavy (non-hydrogen) atoms. The van der Waals surface area contributed by atoms with E-state index in [9.17, 15) is 9.59 Å². The summed E-state index contributed by atoms with van der Waals surface area (Å²) in [6, 6.07) is 21.1. The molecule has 0 bridgehead atoms. The Morgan fingerprint density at radius 2 is 1.63 bits per heavy atom. The van der Waals surface area contributed by atoms with Gasteiger partial charge in [0.25, 0.3) is 5.91 Å². The number of aliphatic imine (C=N–C) groups is 1. The fourth-order valence-corrected chi connectivity index (χ4v) is 4.50. The van der Waals surface area contributed by atoms with E-state index in [1.807, 2.05) is 48.5 Å². The van der Waals surface area contributed by atoms with Crippen LogP contribution in [0.1, 0.15) is 11.5 Å². The number of rotatable bonds is 5. The number of carbonyl (C=O) groups is 2. The number of benzene rings is 2. The highest BCUT2D eigenvalue weighted by atomic mass is 35.5. The summed E-state index contributed by atoms with van der Waals surface area (Å²) in [5, 5.41) is 6.40. The smallest absolute Gasteiger partial charge is 0.252 e. The van der Waals surface area contributed by atoms with Gasteiger partial charge in [0.1, 0.15) is 11.9 Å². The average Bonchev–Trinajstić information content (AvgIpc) is 3.28. The molecule has 1 aromatic heterocycles. The van der Waals surface area contributed by atoms with E-state index >= 15 is 0 Å². The van der Waals surface area contributed by atoms with Gasteiger partial charge in [0, 0.05) is 43.1 Å². The minimum atomic E-state index is -0.867. The number of guanidine groups is 1. The first-order valence-electron chi connectivity index (χ1n) is 11.5. The number of halogens is 1. The van der Waals surface area contributed by atoms with Crippen LogP contribution < -0.4 is 15.5 Å². The van der Waals surface area contributed by atoms with Crippen LogP contribution >= 0.6 is 11.6 Å². The Kier molecular flexibility index (Phi) is 6.63. The number of piperazine rings is 1. The van der Waals surface area contributed by atoms with Crippen molar-refractivity contribution in [2.24, 2.45) is 4.99 Å². The number of nitrogens with zero attached hydrogens (tertiary/aromatic N) is 4. The Labute approximate surface area is 208 Å². The van der Waals surface area contributed by atoms with Crippen LogP contribution in [0.3, 0.4) is 0 Å². The van der Waals surface area contributed by atoms with Crippen LogP contribution in [0.25, 0.3) is 0 Å². The van der Waals surface area contributed by atoms with E-state index in [1.54, 1.807) is 30.5 Å². The normalized spacial score (nSPS) is 18.6. The van der Waals surface area contributed by atoms with E-state index in [-0.39, 0.29) is 11.8 Å². The zero-order valence-corrected chi connectivity index (χ0v) is 19.7. The van der Waals surface area contributed by atoms with Gasteiger partial charge < -0.3 is 15.1 Å². The first-order chi connectivity index (χ1) is 17.1. The van der Waals surface area contributed by atoms with Crippen LogP contribution in [0, 0.1) is 0 Å². The van der Waals surface area contributed by atoms with Gasteiger partial charge in [0.05, 0.1) is 5.92 Å². The number of hydrogen-bond acceptors (Lipinski definition) is 6. The van der Waals surface area contributed by atoms with Crippen molar-refractivity contribution in [2.75, 3.05) is 36.4 Å². The maximum Gasteiger partial charge on any atom is 0.252 e. The lowest BCUT2D eigenvalue weighted by atomic mass is 9.90. The zero-order valence-electron chi connectivity index (χ0n) is 19.0. The number of nitrogens with one attached hydrogen (secondary N) is 2. The van der Waals surface area contributed by atoms with Gasteiger partial charge in [-0.05, 0) is 42.0 Å². The summed E-state index contributed by atoms with van der Waals surface area (Å²) in [6.07, 6.45) is 1.78. The maximum absolute atomic E-state index is 13.4. The molecule has 0 radical (unpaired) electrons. The number of aromatic nitrogens is 1. The molecule has 8 nitrogen and oxygen atoms in total. The summed E-state index contributed by atoms with van der Waals surface area (Å²) in [6.45, 7) is 2.90. The molecule has 3 aromatic rings. The molecule has 9 heteroatoms. The van der Waals surface area contributed by atoms with Crippen LogP contribution in [0.4, 0.5) is 11.5 Å². The summed E-state index contributed by atoms with van der Waals surface area (Å²) in [4.78, 5) is 39.8. The third-order valence-corrected chi connectivity index (χ3v) is 6.44. The lowest BCUT2D eigenvalue weighted by Gasteiger charge is -2.36. The molecule has 5 rings (SSSR count). The third-order valence-electron chi connectivity index (χ3n) is 6.19. The molecule has 2 aliphatic rings. The Morgan fingerprint density at radius 3 is 2.31 bits per heavy atom. The van der Waals surface area contributed by atoms with Crippen molar-refractivity contribution < 1.29 is 9.59 Å². The average molecular weight is 489 g/mol.